The molecule has 1 aromatic heterocycles. The number of ether oxygens (including phenoxy) is 2. The van der Waals surface area contributed by atoms with Crippen molar-refractivity contribution in [3.63, 3.8) is 0 Å². The van der Waals surface area contributed by atoms with Crippen molar-refractivity contribution in [3.8, 4) is 11.4 Å². The highest BCUT2D eigenvalue weighted by Gasteiger charge is 2.33. The number of thioether (sulfide) groups is 1. The van der Waals surface area contributed by atoms with Gasteiger partial charge in [0.1, 0.15) is 12.1 Å². The van der Waals surface area contributed by atoms with E-state index < -0.39 is 12.0 Å². The second kappa shape index (κ2) is 10.2. The number of benzene rings is 2. The minimum Gasteiger partial charge on any atom is -0.497 e. The van der Waals surface area contributed by atoms with E-state index in [9.17, 15) is 9.59 Å². The number of carbonyl (C=O) groups excluding carboxylic acids is 2. The molecule has 10 heteroatoms. The molecule has 9 nitrogen and oxygen atoms in total. The fraction of sp³-hybridized carbons (Fsp3) is 0.217. The molecule has 2 aromatic carbocycles. The first-order valence-electron chi connectivity index (χ1n) is 10.3. The highest BCUT2D eigenvalue weighted by atomic mass is 32.2. The largest absolute Gasteiger partial charge is 0.497 e. The number of urea groups is 1. The molecular formula is C23H23N5O4S. The Balaban J connectivity index is 1.66. The Hall–Kier alpha value is -3.79. The Kier molecular flexibility index (Phi) is 6.94. The Morgan fingerprint density at radius 3 is 2.76 bits per heavy atom. The first-order chi connectivity index (χ1) is 16.1. The van der Waals surface area contributed by atoms with Gasteiger partial charge >= 0.3 is 12.0 Å². The fourth-order valence-corrected chi connectivity index (χ4v) is 4.37. The minimum atomic E-state index is -0.620. The lowest BCUT2D eigenvalue weighted by Crippen LogP contribution is -2.46. The van der Waals surface area contributed by atoms with Gasteiger partial charge in [-0.3, -0.25) is 4.57 Å². The SMILES string of the molecule is CCOC(=O)C1=C(CSc2nncn2-c2cccc(OC)c2)NC(=O)NC1c1ccccc1. The van der Waals surface area contributed by atoms with Crippen molar-refractivity contribution in [2.75, 3.05) is 19.5 Å². The molecule has 0 radical (unpaired) electrons. The summed E-state index contributed by atoms with van der Waals surface area (Å²) in [5, 5.41) is 14.4. The summed E-state index contributed by atoms with van der Waals surface area (Å²) < 4.78 is 12.4. The quantitative estimate of drug-likeness (QED) is 0.388. The number of nitrogens with one attached hydrogen (secondary N) is 2. The Morgan fingerprint density at radius 2 is 2.00 bits per heavy atom. The average molecular weight is 466 g/mol. The number of rotatable bonds is 8. The molecule has 2 N–H and O–H groups in total. The second-order valence-corrected chi connectivity index (χ2v) is 7.97. The van der Waals surface area contributed by atoms with E-state index in [1.165, 1.54) is 11.8 Å². The molecule has 4 rings (SSSR count). The summed E-state index contributed by atoms with van der Waals surface area (Å²) in [6.45, 7) is 1.97. The van der Waals surface area contributed by atoms with E-state index in [2.05, 4.69) is 20.8 Å². The van der Waals surface area contributed by atoms with Crippen molar-refractivity contribution >= 4 is 23.8 Å². The van der Waals surface area contributed by atoms with Crippen LogP contribution < -0.4 is 15.4 Å². The van der Waals surface area contributed by atoms with Crippen LogP contribution in [0, 0.1) is 0 Å². The summed E-state index contributed by atoms with van der Waals surface area (Å²) in [5.74, 6) is 0.512. The molecule has 170 valence electrons. The van der Waals surface area contributed by atoms with Crippen LogP contribution in [-0.4, -0.2) is 46.2 Å². The molecule has 2 heterocycles. The van der Waals surface area contributed by atoms with Gasteiger partial charge in [0.15, 0.2) is 5.16 Å². The van der Waals surface area contributed by atoms with Crippen LogP contribution in [0.25, 0.3) is 5.69 Å². The lowest BCUT2D eigenvalue weighted by atomic mass is 9.95. The average Bonchev–Trinajstić information content (AvgIpc) is 3.31. The van der Waals surface area contributed by atoms with E-state index in [1.54, 1.807) is 20.4 Å². The fourth-order valence-electron chi connectivity index (χ4n) is 3.47. The van der Waals surface area contributed by atoms with E-state index >= 15 is 0 Å². The van der Waals surface area contributed by atoms with Gasteiger partial charge in [-0.05, 0) is 24.6 Å². The molecule has 0 saturated carbocycles. The molecule has 0 fully saturated rings. The van der Waals surface area contributed by atoms with Gasteiger partial charge in [0.25, 0.3) is 0 Å². The van der Waals surface area contributed by atoms with E-state index in [-0.39, 0.29) is 18.4 Å². The zero-order valence-electron chi connectivity index (χ0n) is 18.1. The van der Waals surface area contributed by atoms with Crippen LogP contribution in [0.5, 0.6) is 5.75 Å². The topological polar surface area (TPSA) is 107 Å². The lowest BCUT2D eigenvalue weighted by molar-refractivity contribution is -0.139. The molecule has 0 aliphatic carbocycles. The standard InChI is InChI=1S/C23H23N5O4S/c1-3-32-21(29)19-18(25-22(30)26-20(19)15-8-5-4-6-9-15)13-33-23-27-24-14-28(23)16-10-7-11-17(12-16)31-2/h4-12,14,20H,3,13H2,1-2H3,(H2,25,26,30). The number of nitrogens with zero attached hydrogens (tertiary/aromatic N) is 3. The van der Waals surface area contributed by atoms with Gasteiger partial charge in [0.2, 0.25) is 0 Å². The van der Waals surface area contributed by atoms with Crippen LogP contribution in [0.4, 0.5) is 4.79 Å². The van der Waals surface area contributed by atoms with Gasteiger partial charge in [-0.2, -0.15) is 0 Å². The number of hydrogen-bond donors (Lipinski definition) is 2. The Labute approximate surface area is 195 Å². The molecule has 1 atom stereocenters. The number of hydrogen-bond acceptors (Lipinski definition) is 7. The minimum absolute atomic E-state index is 0.225. The van der Waals surface area contributed by atoms with Crippen molar-refractivity contribution < 1.29 is 19.1 Å². The van der Waals surface area contributed by atoms with Gasteiger partial charge < -0.3 is 20.1 Å². The zero-order valence-corrected chi connectivity index (χ0v) is 19.0. The van der Waals surface area contributed by atoms with Crippen molar-refractivity contribution in [1.29, 1.82) is 0 Å². The van der Waals surface area contributed by atoms with Crippen molar-refractivity contribution in [2.45, 2.75) is 18.1 Å². The maximum absolute atomic E-state index is 12.9. The zero-order chi connectivity index (χ0) is 23.2. The van der Waals surface area contributed by atoms with Crippen molar-refractivity contribution in [3.05, 3.63) is 77.8 Å². The molecule has 33 heavy (non-hydrogen) atoms. The summed E-state index contributed by atoms with van der Waals surface area (Å²) in [6.07, 6.45) is 1.60. The van der Waals surface area contributed by atoms with Crippen LogP contribution >= 0.6 is 11.8 Å². The van der Waals surface area contributed by atoms with Crippen molar-refractivity contribution in [1.82, 2.24) is 25.4 Å². The highest BCUT2D eigenvalue weighted by Crippen LogP contribution is 2.31. The molecule has 0 saturated heterocycles. The number of aromatic nitrogens is 3. The molecule has 1 aliphatic rings. The summed E-state index contributed by atoms with van der Waals surface area (Å²) in [5.41, 5.74) is 2.45. The summed E-state index contributed by atoms with van der Waals surface area (Å²) in [7, 11) is 1.60. The van der Waals surface area contributed by atoms with E-state index in [1.807, 2.05) is 59.2 Å². The van der Waals surface area contributed by atoms with Crippen LogP contribution in [-0.2, 0) is 9.53 Å². The summed E-state index contributed by atoms with van der Waals surface area (Å²) in [6, 6.07) is 15.8. The van der Waals surface area contributed by atoms with Gasteiger partial charge in [-0.1, -0.05) is 48.2 Å². The summed E-state index contributed by atoms with van der Waals surface area (Å²) >= 11 is 1.35. The van der Waals surface area contributed by atoms with Crippen LogP contribution in [0.3, 0.4) is 0 Å². The first kappa shape index (κ1) is 22.4. The highest BCUT2D eigenvalue weighted by molar-refractivity contribution is 7.99. The van der Waals surface area contributed by atoms with E-state index in [0.29, 0.717) is 22.2 Å². The van der Waals surface area contributed by atoms with Gasteiger partial charge in [-0.15, -0.1) is 10.2 Å². The molecule has 1 unspecified atom stereocenters. The third-order valence-corrected chi connectivity index (χ3v) is 5.95. The second-order valence-electron chi connectivity index (χ2n) is 7.03. The Bertz CT molecular complexity index is 1180. The predicted molar refractivity (Wildman–Crippen MR) is 123 cm³/mol. The maximum Gasteiger partial charge on any atom is 0.338 e. The molecule has 2 amide bonds. The Morgan fingerprint density at radius 1 is 1.18 bits per heavy atom. The third kappa shape index (κ3) is 5.01. The maximum atomic E-state index is 12.9. The number of amides is 2. The van der Waals surface area contributed by atoms with Crippen LogP contribution in [0.1, 0.15) is 18.5 Å². The summed E-state index contributed by atoms with van der Waals surface area (Å²) in [4.78, 5) is 25.3. The molecular weight excluding hydrogens is 442 g/mol. The molecule has 3 aromatic rings. The number of methoxy groups -OCH3 is 1. The smallest absolute Gasteiger partial charge is 0.338 e. The predicted octanol–water partition coefficient (Wildman–Crippen LogP) is 3.24. The van der Waals surface area contributed by atoms with E-state index in [4.69, 9.17) is 9.47 Å². The van der Waals surface area contributed by atoms with E-state index in [0.717, 1.165) is 11.3 Å². The van der Waals surface area contributed by atoms with Crippen molar-refractivity contribution in [2.24, 2.45) is 0 Å². The number of carbonyl (C=O) groups is 2. The van der Waals surface area contributed by atoms with Gasteiger partial charge in [0.05, 0.1) is 31.0 Å². The monoisotopic (exact) mass is 465 g/mol. The molecule has 0 spiro atoms. The number of esters is 1. The molecule has 1 aliphatic heterocycles. The third-order valence-electron chi connectivity index (χ3n) is 4.98. The van der Waals surface area contributed by atoms with Crippen LogP contribution in [0.2, 0.25) is 0 Å². The van der Waals surface area contributed by atoms with Gasteiger partial charge in [-0.25, -0.2) is 9.59 Å². The normalized spacial score (nSPS) is 15.6. The van der Waals surface area contributed by atoms with Crippen LogP contribution in [0.15, 0.2) is 77.4 Å². The molecule has 0 bridgehead atoms. The van der Waals surface area contributed by atoms with Gasteiger partial charge in [0, 0.05) is 17.5 Å². The first-order valence-corrected chi connectivity index (χ1v) is 11.3. The lowest BCUT2D eigenvalue weighted by Gasteiger charge is -2.29.